The number of amides is 1. The molecule has 0 bridgehead atoms. The third kappa shape index (κ3) is 6.26. The summed E-state index contributed by atoms with van der Waals surface area (Å²) in [4.78, 5) is 30.1. The molecule has 0 radical (unpaired) electrons. The maximum atomic E-state index is 13.2. The van der Waals surface area contributed by atoms with Gasteiger partial charge in [0, 0.05) is 23.4 Å². The number of nitrogens with one attached hydrogen (secondary N) is 1. The van der Waals surface area contributed by atoms with Gasteiger partial charge in [-0.2, -0.15) is 4.99 Å². The van der Waals surface area contributed by atoms with Crippen molar-refractivity contribution in [3.8, 4) is 17.2 Å². The molecule has 210 valence electrons. The molecule has 13 heteroatoms. The molecule has 0 fully saturated rings. The summed E-state index contributed by atoms with van der Waals surface area (Å²) in [5.41, 5.74) is 0.926. The average molecular weight is 586 g/mol. The number of ether oxygens (including phenoxy) is 4. The summed E-state index contributed by atoms with van der Waals surface area (Å²) in [5.74, 6) is 0.315. The van der Waals surface area contributed by atoms with Crippen LogP contribution in [0.15, 0.2) is 70.6 Å². The van der Waals surface area contributed by atoms with Gasteiger partial charge < -0.3 is 23.5 Å². The van der Waals surface area contributed by atoms with Gasteiger partial charge in [-0.25, -0.2) is 8.42 Å². The number of nitrogens with zero attached hydrogens (tertiary/aromatic N) is 2. The average Bonchev–Trinajstić information content (AvgIpc) is 3.27. The third-order valence-corrected chi connectivity index (χ3v) is 8.15. The van der Waals surface area contributed by atoms with Gasteiger partial charge in [0.25, 0.3) is 15.9 Å². The van der Waals surface area contributed by atoms with Crippen LogP contribution in [0.5, 0.6) is 17.2 Å². The zero-order valence-electron chi connectivity index (χ0n) is 22.2. The SMILES string of the molecule is CCOC(=O)Cn1c(=NC(=O)c2cccc(NS(=O)(=O)c3ccc(OC)cc3)c2)sc2cc(OC)c(OC)cc21. The number of thiazole rings is 1. The zero-order chi connectivity index (χ0) is 28.9. The highest BCUT2D eigenvalue weighted by molar-refractivity contribution is 7.92. The van der Waals surface area contributed by atoms with Gasteiger partial charge in [-0.3, -0.25) is 14.3 Å². The number of carbonyl (C=O) groups is 2. The van der Waals surface area contributed by atoms with Gasteiger partial charge in [0.05, 0.1) is 43.0 Å². The van der Waals surface area contributed by atoms with Gasteiger partial charge in [-0.15, -0.1) is 0 Å². The van der Waals surface area contributed by atoms with Crippen LogP contribution in [0.3, 0.4) is 0 Å². The fourth-order valence-electron chi connectivity index (χ4n) is 3.81. The van der Waals surface area contributed by atoms with E-state index in [1.54, 1.807) is 29.7 Å². The minimum atomic E-state index is -3.92. The summed E-state index contributed by atoms with van der Waals surface area (Å²) < 4.78 is 51.4. The lowest BCUT2D eigenvalue weighted by molar-refractivity contribution is -0.143. The lowest BCUT2D eigenvalue weighted by Crippen LogP contribution is -2.23. The molecule has 3 aromatic carbocycles. The number of esters is 1. The van der Waals surface area contributed by atoms with Gasteiger partial charge >= 0.3 is 5.97 Å². The molecule has 4 rings (SSSR count). The topological polar surface area (TPSA) is 135 Å². The summed E-state index contributed by atoms with van der Waals surface area (Å²) in [6.45, 7) is 1.72. The van der Waals surface area contributed by atoms with Crippen LogP contribution >= 0.6 is 11.3 Å². The number of fused-ring (bicyclic) bond motifs is 1. The molecule has 11 nitrogen and oxygen atoms in total. The highest BCUT2D eigenvalue weighted by Gasteiger charge is 2.18. The number of hydrogen-bond donors (Lipinski definition) is 1. The molecule has 0 spiro atoms. The van der Waals surface area contributed by atoms with Crippen molar-refractivity contribution in [1.82, 2.24) is 4.57 Å². The molecule has 1 aromatic heterocycles. The standard InChI is InChI=1S/C27H27N3O8S2/c1-5-38-25(31)16-30-21-14-22(36-3)23(37-4)15-24(21)39-27(30)28-26(32)17-7-6-8-18(13-17)29-40(33,34)20-11-9-19(35-2)10-12-20/h6-15,29H,5,16H2,1-4H3. The molecular formula is C27H27N3O8S2. The summed E-state index contributed by atoms with van der Waals surface area (Å²) in [6.07, 6.45) is 0. The summed E-state index contributed by atoms with van der Waals surface area (Å²) in [7, 11) is 0.571. The first kappa shape index (κ1) is 28.6. The molecule has 1 amide bonds. The van der Waals surface area contributed by atoms with E-state index in [1.165, 1.54) is 75.1 Å². The monoisotopic (exact) mass is 585 g/mol. The second kappa shape index (κ2) is 12.2. The molecule has 1 heterocycles. The van der Waals surface area contributed by atoms with Crippen LogP contribution in [0.1, 0.15) is 17.3 Å². The van der Waals surface area contributed by atoms with Crippen LogP contribution in [0, 0.1) is 0 Å². The Bertz CT molecular complexity index is 1730. The smallest absolute Gasteiger partial charge is 0.326 e. The van der Waals surface area contributed by atoms with Crippen molar-refractivity contribution in [3.63, 3.8) is 0 Å². The fourth-order valence-corrected chi connectivity index (χ4v) is 5.89. The number of aromatic nitrogens is 1. The molecule has 0 aliphatic carbocycles. The maximum absolute atomic E-state index is 13.2. The second-order valence-electron chi connectivity index (χ2n) is 8.23. The van der Waals surface area contributed by atoms with Crippen LogP contribution in [0.25, 0.3) is 10.2 Å². The Balaban J connectivity index is 1.71. The third-order valence-electron chi connectivity index (χ3n) is 5.71. The number of rotatable bonds is 10. The van der Waals surface area contributed by atoms with Gasteiger partial charge in [0.1, 0.15) is 12.3 Å². The normalized spacial score (nSPS) is 11.8. The van der Waals surface area contributed by atoms with Crippen LogP contribution in [0.2, 0.25) is 0 Å². The van der Waals surface area contributed by atoms with E-state index < -0.39 is 21.9 Å². The molecule has 0 atom stereocenters. The first-order valence-electron chi connectivity index (χ1n) is 12.0. The fraction of sp³-hybridized carbons (Fsp3) is 0.222. The van der Waals surface area contributed by atoms with E-state index >= 15 is 0 Å². The van der Waals surface area contributed by atoms with Crippen molar-refractivity contribution in [1.29, 1.82) is 0 Å². The quantitative estimate of drug-likeness (QED) is 0.278. The Hall–Kier alpha value is -4.36. The molecule has 0 saturated heterocycles. The zero-order valence-corrected chi connectivity index (χ0v) is 23.8. The van der Waals surface area contributed by atoms with Gasteiger partial charge in [0.15, 0.2) is 16.3 Å². The largest absolute Gasteiger partial charge is 0.497 e. The molecule has 1 N–H and O–H groups in total. The Morgan fingerprint density at radius 1 is 0.950 bits per heavy atom. The Labute approximate surface area is 234 Å². The van der Waals surface area contributed by atoms with Crippen LogP contribution in [-0.2, 0) is 26.1 Å². The number of anilines is 1. The van der Waals surface area contributed by atoms with Crippen molar-refractivity contribution in [2.75, 3.05) is 32.7 Å². The number of sulfonamides is 1. The summed E-state index contributed by atoms with van der Waals surface area (Å²) in [6, 6.07) is 15.3. The molecule has 0 unspecified atom stereocenters. The Kier molecular flexibility index (Phi) is 8.75. The van der Waals surface area contributed by atoms with Crippen LogP contribution < -0.4 is 23.7 Å². The van der Waals surface area contributed by atoms with E-state index in [0.29, 0.717) is 27.5 Å². The van der Waals surface area contributed by atoms with E-state index in [9.17, 15) is 18.0 Å². The number of methoxy groups -OCH3 is 3. The van der Waals surface area contributed by atoms with E-state index in [0.717, 1.165) is 0 Å². The first-order chi connectivity index (χ1) is 19.2. The van der Waals surface area contributed by atoms with Crippen molar-refractivity contribution in [2.45, 2.75) is 18.4 Å². The molecule has 40 heavy (non-hydrogen) atoms. The second-order valence-corrected chi connectivity index (χ2v) is 10.9. The van der Waals surface area contributed by atoms with Crippen molar-refractivity contribution < 1.29 is 37.0 Å². The molecule has 0 aliphatic heterocycles. The lowest BCUT2D eigenvalue weighted by atomic mass is 10.2. The lowest BCUT2D eigenvalue weighted by Gasteiger charge is -2.10. The Morgan fingerprint density at radius 3 is 2.30 bits per heavy atom. The van der Waals surface area contributed by atoms with E-state index in [1.807, 2.05) is 0 Å². The highest BCUT2D eigenvalue weighted by Crippen LogP contribution is 2.33. The van der Waals surface area contributed by atoms with Gasteiger partial charge in [0.2, 0.25) is 0 Å². The van der Waals surface area contributed by atoms with Gasteiger partial charge in [-0.1, -0.05) is 17.4 Å². The minimum Gasteiger partial charge on any atom is -0.497 e. The van der Waals surface area contributed by atoms with Crippen molar-refractivity contribution in [2.24, 2.45) is 4.99 Å². The molecular weight excluding hydrogens is 558 g/mol. The molecule has 0 aliphatic rings. The van der Waals surface area contributed by atoms with Crippen molar-refractivity contribution >= 4 is 49.1 Å². The van der Waals surface area contributed by atoms with Gasteiger partial charge in [-0.05, 0) is 49.4 Å². The Morgan fingerprint density at radius 2 is 1.65 bits per heavy atom. The van der Waals surface area contributed by atoms with Crippen molar-refractivity contribution in [3.05, 3.63) is 71.0 Å². The van der Waals surface area contributed by atoms with Crippen LogP contribution in [-0.4, -0.2) is 52.8 Å². The summed E-state index contributed by atoms with van der Waals surface area (Å²) >= 11 is 1.18. The maximum Gasteiger partial charge on any atom is 0.326 e. The van der Waals surface area contributed by atoms with Crippen LogP contribution in [0.4, 0.5) is 5.69 Å². The van der Waals surface area contributed by atoms with E-state index in [4.69, 9.17) is 18.9 Å². The predicted molar refractivity (Wildman–Crippen MR) is 150 cm³/mol. The number of benzene rings is 3. The number of carbonyl (C=O) groups excluding carboxylic acids is 2. The first-order valence-corrected chi connectivity index (χ1v) is 14.3. The molecule has 0 saturated carbocycles. The predicted octanol–water partition coefficient (Wildman–Crippen LogP) is 3.83. The van der Waals surface area contributed by atoms with E-state index in [2.05, 4.69) is 9.71 Å². The molecule has 4 aromatic rings. The minimum absolute atomic E-state index is 0.0332. The number of hydrogen-bond acceptors (Lipinski definition) is 9. The summed E-state index contributed by atoms with van der Waals surface area (Å²) in [5, 5.41) is 0. The van der Waals surface area contributed by atoms with E-state index in [-0.39, 0.29) is 34.1 Å². The highest BCUT2D eigenvalue weighted by atomic mass is 32.2.